The summed E-state index contributed by atoms with van der Waals surface area (Å²) in [5.74, 6) is 0.458. The van der Waals surface area contributed by atoms with Crippen molar-refractivity contribution in [2.24, 2.45) is 11.8 Å². The third kappa shape index (κ3) is 1.71. The first-order valence-corrected chi connectivity index (χ1v) is 3.91. The van der Waals surface area contributed by atoms with E-state index in [4.69, 9.17) is 0 Å². The minimum atomic E-state index is -0.0677. The van der Waals surface area contributed by atoms with Crippen molar-refractivity contribution in [3.8, 4) is 0 Å². The van der Waals surface area contributed by atoms with Crippen molar-refractivity contribution in [3.63, 3.8) is 0 Å². The van der Waals surface area contributed by atoms with Gasteiger partial charge in [-0.05, 0) is 13.0 Å². The molecule has 0 amide bonds. The molecular formula is C8H15NO2. The maximum atomic E-state index is 11.1. The summed E-state index contributed by atoms with van der Waals surface area (Å²) < 4.78 is 4.69. The molecule has 1 aliphatic heterocycles. The Morgan fingerprint density at radius 2 is 2.18 bits per heavy atom. The average Bonchev–Trinajstić information content (AvgIpc) is 2.28. The first kappa shape index (κ1) is 8.53. The lowest BCUT2D eigenvalue weighted by Crippen LogP contribution is -2.22. The lowest BCUT2D eigenvalue weighted by molar-refractivity contribution is -0.146. The van der Waals surface area contributed by atoms with E-state index in [9.17, 15) is 4.79 Å². The average molecular weight is 157 g/mol. The Morgan fingerprint density at radius 1 is 1.55 bits per heavy atom. The topological polar surface area (TPSA) is 29.5 Å². The van der Waals surface area contributed by atoms with Crippen molar-refractivity contribution in [3.05, 3.63) is 0 Å². The minimum Gasteiger partial charge on any atom is -0.469 e. The van der Waals surface area contributed by atoms with E-state index in [2.05, 4.69) is 16.6 Å². The van der Waals surface area contributed by atoms with Crippen molar-refractivity contribution in [2.45, 2.75) is 6.92 Å². The molecule has 0 bridgehead atoms. The van der Waals surface area contributed by atoms with Gasteiger partial charge in [-0.3, -0.25) is 4.79 Å². The van der Waals surface area contributed by atoms with E-state index >= 15 is 0 Å². The third-order valence-electron chi connectivity index (χ3n) is 2.30. The molecule has 0 radical (unpaired) electrons. The summed E-state index contributed by atoms with van der Waals surface area (Å²) in [6.45, 7) is 3.93. The van der Waals surface area contributed by atoms with Crippen LogP contribution in [0, 0.1) is 11.8 Å². The molecule has 0 unspecified atom stereocenters. The van der Waals surface area contributed by atoms with Crippen LogP contribution in [-0.2, 0) is 9.53 Å². The highest BCUT2D eigenvalue weighted by Crippen LogP contribution is 2.22. The molecule has 0 aromatic carbocycles. The van der Waals surface area contributed by atoms with E-state index in [1.54, 1.807) is 0 Å². The third-order valence-corrected chi connectivity index (χ3v) is 2.30. The van der Waals surface area contributed by atoms with Crippen LogP contribution in [-0.4, -0.2) is 38.1 Å². The van der Waals surface area contributed by atoms with Crippen LogP contribution < -0.4 is 0 Å². The number of rotatable bonds is 1. The molecule has 1 rings (SSSR count). The van der Waals surface area contributed by atoms with E-state index in [1.807, 2.05) is 7.05 Å². The fourth-order valence-electron chi connectivity index (χ4n) is 1.67. The number of methoxy groups -OCH3 is 1. The van der Waals surface area contributed by atoms with Gasteiger partial charge in [0, 0.05) is 13.1 Å². The van der Waals surface area contributed by atoms with Gasteiger partial charge in [-0.25, -0.2) is 0 Å². The van der Waals surface area contributed by atoms with Crippen molar-refractivity contribution >= 4 is 5.97 Å². The quantitative estimate of drug-likeness (QED) is 0.515. The normalized spacial score (nSPS) is 32.3. The summed E-state index contributed by atoms with van der Waals surface area (Å²) in [5, 5.41) is 0. The lowest BCUT2D eigenvalue weighted by atomic mass is 9.99. The molecule has 1 heterocycles. The summed E-state index contributed by atoms with van der Waals surface area (Å²) in [7, 11) is 3.48. The van der Waals surface area contributed by atoms with Crippen LogP contribution in [0.2, 0.25) is 0 Å². The van der Waals surface area contributed by atoms with Crippen LogP contribution in [0.4, 0.5) is 0 Å². The van der Waals surface area contributed by atoms with Crippen LogP contribution in [0.15, 0.2) is 0 Å². The molecule has 1 saturated heterocycles. The number of ether oxygens (including phenoxy) is 1. The molecule has 64 valence electrons. The van der Waals surface area contributed by atoms with Crippen molar-refractivity contribution < 1.29 is 9.53 Å². The van der Waals surface area contributed by atoms with Gasteiger partial charge in [0.15, 0.2) is 0 Å². The standard InChI is InChI=1S/C8H15NO2/c1-6-4-9(2)5-7(6)8(10)11-3/h6-7H,4-5H2,1-3H3/t6-,7-/m0/s1. The van der Waals surface area contributed by atoms with E-state index in [0.29, 0.717) is 5.92 Å². The zero-order chi connectivity index (χ0) is 8.43. The number of carbonyl (C=O) groups is 1. The lowest BCUT2D eigenvalue weighted by Gasteiger charge is -2.10. The van der Waals surface area contributed by atoms with Crippen LogP contribution in [0.3, 0.4) is 0 Å². The number of esters is 1. The SMILES string of the molecule is COC(=O)[C@H]1CN(C)C[C@@H]1C. The monoisotopic (exact) mass is 157 g/mol. The molecule has 0 aliphatic carbocycles. The fraction of sp³-hybridized carbons (Fsp3) is 0.875. The largest absolute Gasteiger partial charge is 0.469 e. The predicted octanol–water partition coefficient (Wildman–Crippen LogP) is 0.357. The molecule has 0 N–H and O–H groups in total. The van der Waals surface area contributed by atoms with Gasteiger partial charge in [0.1, 0.15) is 0 Å². The number of hydrogen-bond donors (Lipinski definition) is 0. The predicted molar refractivity (Wildman–Crippen MR) is 42.2 cm³/mol. The Bertz CT molecular complexity index is 158. The highest BCUT2D eigenvalue weighted by atomic mass is 16.5. The summed E-state index contributed by atoms with van der Waals surface area (Å²) in [6.07, 6.45) is 0. The smallest absolute Gasteiger partial charge is 0.310 e. The molecule has 3 heteroatoms. The molecule has 0 saturated carbocycles. The second-order valence-corrected chi connectivity index (χ2v) is 3.33. The van der Waals surface area contributed by atoms with Gasteiger partial charge in [-0.1, -0.05) is 6.92 Å². The molecular weight excluding hydrogens is 142 g/mol. The summed E-state index contributed by atoms with van der Waals surface area (Å²) in [6, 6.07) is 0. The molecule has 0 aromatic rings. The van der Waals surface area contributed by atoms with Crippen LogP contribution in [0.25, 0.3) is 0 Å². The Morgan fingerprint density at radius 3 is 2.55 bits per heavy atom. The Labute approximate surface area is 67.3 Å². The Kier molecular flexibility index (Phi) is 2.49. The number of hydrogen-bond acceptors (Lipinski definition) is 3. The number of likely N-dealkylation sites (tertiary alicyclic amines) is 1. The molecule has 1 fully saturated rings. The fourth-order valence-corrected chi connectivity index (χ4v) is 1.67. The van der Waals surface area contributed by atoms with Gasteiger partial charge < -0.3 is 9.64 Å². The summed E-state index contributed by atoms with van der Waals surface area (Å²) in [4.78, 5) is 13.3. The van der Waals surface area contributed by atoms with Crippen molar-refractivity contribution in [2.75, 3.05) is 27.2 Å². The van der Waals surface area contributed by atoms with Crippen molar-refractivity contribution in [1.82, 2.24) is 4.90 Å². The molecule has 0 aromatic heterocycles. The van der Waals surface area contributed by atoms with E-state index < -0.39 is 0 Å². The molecule has 1 aliphatic rings. The number of carbonyl (C=O) groups excluding carboxylic acids is 1. The first-order chi connectivity index (χ1) is 5.15. The molecule has 0 spiro atoms. The van der Waals surface area contributed by atoms with Gasteiger partial charge in [0.25, 0.3) is 0 Å². The molecule has 11 heavy (non-hydrogen) atoms. The summed E-state index contributed by atoms with van der Waals surface area (Å²) in [5.41, 5.74) is 0. The zero-order valence-corrected chi connectivity index (χ0v) is 7.33. The van der Waals surface area contributed by atoms with Crippen LogP contribution >= 0.6 is 0 Å². The highest BCUT2D eigenvalue weighted by Gasteiger charge is 2.33. The van der Waals surface area contributed by atoms with Crippen molar-refractivity contribution in [1.29, 1.82) is 0 Å². The first-order valence-electron chi connectivity index (χ1n) is 3.91. The Hall–Kier alpha value is -0.570. The van der Waals surface area contributed by atoms with Crippen LogP contribution in [0.1, 0.15) is 6.92 Å². The maximum absolute atomic E-state index is 11.1. The van der Waals surface area contributed by atoms with Crippen LogP contribution in [0.5, 0.6) is 0 Å². The second kappa shape index (κ2) is 3.22. The van der Waals surface area contributed by atoms with Gasteiger partial charge >= 0.3 is 5.97 Å². The van der Waals surface area contributed by atoms with E-state index in [0.717, 1.165) is 13.1 Å². The molecule has 3 nitrogen and oxygen atoms in total. The van der Waals surface area contributed by atoms with E-state index in [1.165, 1.54) is 7.11 Å². The minimum absolute atomic E-state index is 0.0677. The van der Waals surface area contributed by atoms with E-state index in [-0.39, 0.29) is 11.9 Å². The highest BCUT2D eigenvalue weighted by molar-refractivity contribution is 5.73. The maximum Gasteiger partial charge on any atom is 0.310 e. The van der Waals surface area contributed by atoms with Gasteiger partial charge in [0.05, 0.1) is 13.0 Å². The summed E-state index contributed by atoms with van der Waals surface area (Å²) >= 11 is 0. The zero-order valence-electron chi connectivity index (χ0n) is 7.33. The van der Waals surface area contributed by atoms with Gasteiger partial charge in [-0.15, -0.1) is 0 Å². The van der Waals surface area contributed by atoms with Gasteiger partial charge in [-0.2, -0.15) is 0 Å². The second-order valence-electron chi connectivity index (χ2n) is 3.33. The molecule has 2 atom stereocenters. The van der Waals surface area contributed by atoms with Gasteiger partial charge in [0.2, 0.25) is 0 Å². The number of nitrogens with zero attached hydrogens (tertiary/aromatic N) is 1. The Balaban J connectivity index is 2.52.